The second-order valence-corrected chi connectivity index (χ2v) is 3.61. The average Bonchev–Trinajstić information content (AvgIpc) is 2.33. The third kappa shape index (κ3) is 2.23. The molecular formula is C14H14O2. The Kier molecular flexibility index (Phi) is 3.22. The highest BCUT2D eigenvalue weighted by Crippen LogP contribution is 2.26. The minimum Gasteiger partial charge on any atom is -0.457 e. The van der Waals surface area contributed by atoms with Crippen molar-refractivity contribution in [3.05, 3.63) is 59.7 Å². The molecule has 2 aromatic rings. The number of aliphatic hydroxyl groups excluding tert-OH is 1. The van der Waals surface area contributed by atoms with Crippen molar-refractivity contribution in [1.29, 1.82) is 0 Å². The molecule has 0 radical (unpaired) electrons. The maximum atomic E-state index is 9.15. The van der Waals surface area contributed by atoms with Crippen LogP contribution >= 0.6 is 0 Å². The monoisotopic (exact) mass is 214 g/mol. The van der Waals surface area contributed by atoms with Crippen LogP contribution in [0.1, 0.15) is 11.1 Å². The third-order valence-electron chi connectivity index (χ3n) is 2.54. The lowest BCUT2D eigenvalue weighted by Crippen LogP contribution is -1.93. The first kappa shape index (κ1) is 10.7. The molecule has 0 unspecified atom stereocenters. The zero-order valence-corrected chi connectivity index (χ0v) is 9.18. The highest BCUT2D eigenvalue weighted by atomic mass is 16.5. The van der Waals surface area contributed by atoms with Gasteiger partial charge in [-0.15, -0.1) is 0 Å². The van der Waals surface area contributed by atoms with Crippen molar-refractivity contribution in [1.82, 2.24) is 0 Å². The minimum atomic E-state index is 0.0395. The first-order valence-electron chi connectivity index (χ1n) is 5.23. The summed E-state index contributed by atoms with van der Waals surface area (Å²) in [6, 6.07) is 15.3. The molecule has 2 rings (SSSR count). The zero-order chi connectivity index (χ0) is 11.4. The Bertz CT molecular complexity index is 463. The number of aliphatic hydroxyl groups is 1. The fourth-order valence-electron chi connectivity index (χ4n) is 1.56. The van der Waals surface area contributed by atoms with Gasteiger partial charge in [-0.1, -0.05) is 30.3 Å². The van der Waals surface area contributed by atoms with Gasteiger partial charge in [-0.25, -0.2) is 0 Å². The van der Waals surface area contributed by atoms with Crippen LogP contribution < -0.4 is 4.74 Å². The van der Waals surface area contributed by atoms with E-state index in [1.54, 1.807) is 0 Å². The Balaban J connectivity index is 2.28. The molecule has 0 aliphatic rings. The molecule has 0 heterocycles. The fourth-order valence-corrected chi connectivity index (χ4v) is 1.56. The van der Waals surface area contributed by atoms with Crippen LogP contribution in [0.5, 0.6) is 11.5 Å². The number of rotatable bonds is 3. The predicted molar refractivity (Wildman–Crippen MR) is 63.6 cm³/mol. The molecule has 1 N–H and O–H groups in total. The Morgan fingerprint density at radius 3 is 2.44 bits per heavy atom. The van der Waals surface area contributed by atoms with Crippen LogP contribution in [0.3, 0.4) is 0 Å². The summed E-state index contributed by atoms with van der Waals surface area (Å²) < 4.78 is 5.74. The zero-order valence-electron chi connectivity index (χ0n) is 9.18. The first-order chi connectivity index (χ1) is 7.81. The van der Waals surface area contributed by atoms with E-state index in [1.165, 1.54) is 0 Å². The summed E-state index contributed by atoms with van der Waals surface area (Å²) in [7, 11) is 0. The van der Waals surface area contributed by atoms with Gasteiger partial charge >= 0.3 is 0 Å². The van der Waals surface area contributed by atoms with Crippen molar-refractivity contribution in [3.8, 4) is 11.5 Å². The number of para-hydroxylation sites is 1. The van der Waals surface area contributed by atoms with Gasteiger partial charge in [0.2, 0.25) is 0 Å². The first-order valence-corrected chi connectivity index (χ1v) is 5.23. The summed E-state index contributed by atoms with van der Waals surface area (Å²) in [6.45, 7) is 1.99. The van der Waals surface area contributed by atoms with Crippen LogP contribution in [-0.2, 0) is 6.61 Å². The molecule has 0 amide bonds. The summed E-state index contributed by atoms with van der Waals surface area (Å²) >= 11 is 0. The van der Waals surface area contributed by atoms with Gasteiger partial charge in [0, 0.05) is 0 Å². The van der Waals surface area contributed by atoms with E-state index in [9.17, 15) is 0 Å². The quantitative estimate of drug-likeness (QED) is 0.849. The Morgan fingerprint density at radius 2 is 1.75 bits per heavy atom. The van der Waals surface area contributed by atoms with Crippen molar-refractivity contribution in [2.45, 2.75) is 13.5 Å². The average molecular weight is 214 g/mol. The van der Waals surface area contributed by atoms with Gasteiger partial charge in [0.25, 0.3) is 0 Å². The van der Waals surface area contributed by atoms with Crippen LogP contribution in [0.25, 0.3) is 0 Å². The number of hydrogen-bond donors (Lipinski definition) is 1. The van der Waals surface area contributed by atoms with E-state index < -0.39 is 0 Å². The highest BCUT2D eigenvalue weighted by Gasteiger charge is 2.04. The summed E-state index contributed by atoms with van der Waals surface area (Å²) in [5.74, 6) is 1.60. The predicted octanol–water partition coefficient (Wildman–Crippen LogP) is 3.28. The molecule has 0 aliphatic heterocycles. The Labute approximate surface area is 95.1 Å². The molecule has 16 heavy (non-hydrogen) atoms. The molecule has 0 atom stereocenters. The van der Waals surface area contributed by atoms with E-state index in [4.69, 9.17) is 9.84 Å². The van der Waals surface area contributed by atoms with Gasteiger partial charge in [-0.3, -0.25) is 0 Å². The molecule has 2 nitrogen and oxygen atoms in total. The minimum absolute atomic E-state index is 0.0395. The normalized spacial score (nSPS) is 10.1. The van der Waals surface area contributed by atoms with E-state index >= 15 is 0 Å². The van der Waals surface area contributed by atoms with Crippen LogP contribution in [0.4, 0.5) is 0 Å². The number of benzene rings is 2. The lowest BCUT2D eigenvalue weighted by Gasteiger charge is -2.10. The van der Waals surface area contributed by atoms with E-state index in [0.29, 0.717) is 0 Å². The standard InChI is InChI=1S/C14H14O2/c1-11-12(10-15)6-5-9-14(11)16-13-7-3-2-4-8-13/h2-9,15H,10H2,1H3. The fraction of sp³-hybridized carbons (Fsp3) is 0.143. The van der Waals surface area contributed by atoms with Crippen molar-refractivity contribution in [2.24, 2.45) is 0 Å². The Morgan fingerprint density at radius 1 is 1.00 bits per heavy atom. The number of ether oxygens (including phenoxy) is 1. The maximum absolute atomic E-state index is 9.15. The summed E-state index contributed by atoms with van der Waals surface area (Å²) in [4.78, 5) is 0. The van der Waals surface area contributed by atoms with Gasteiger partial charge in [0.1, 0.15) is 11.5 Å². The molecule has 0 saturated carbocycles. The summed E-state index contributed by atoms with van der Waals surface area (Å²) in [5, 5.41) is 9.15. The van der Waals surface area contributed by atoms with Crippen LogP contribution in [-0.4, -0.2) is 5.11 Å². The molecule has 0 saturated heterocycles. The Hall–Kier alpha value is -1.80. The SMILES string of the molecule is Cc1c(CO)cccc1Oc1ccccc1. The molecule has 0 spiro atoms. The van der Waals surface area contributed by atoms with Gasteiger partial charge < -0.3 is 9.84 Å². The number of hydrogen-bond acceptors (Lipinski definition) is 2. The molecule has 0 fully saturated rings. The molecule has 2 heteroatoms. The van der Waals surface area contributed by atoms with Crippen LogP contribution in [0, 0.1) is 6.92 Å². The molecule has 2 aromatic carbocycles. The van der Waals surface area contributed by atoms with Crippen molar-refractivity contribution >= 4 is 0 Å². The van der Waals surface area contributed by atoms with E-state index in [-0.39, 0.29) is 6.61 Å². The third-order valence-corrected chi connectivity index (χ3v) is 2.54. The summed E-state index contributed by atoms with van der Waals surface area (Å²) in [6.07, 6.45) is 0. The molecule has 0 aromatic heterocycles. The van der Waals surface area contributed by atoms with E-state index in [2.05, 4.69) is 0 Å². The van der Waals surface area contributed by atoms with Gasteiger partial charge in [0.05, 0.1) is 6.61 Å². The van der Waals surface area contributed by atoms with Gasteiger partial charge in [-0.05, 0) is 36.2 Å². The maximum Gasteiger partial charge on any atom is 0.130 e. The van der Waals surface area contributed by atoms with Gasteiger partial charge in [-0.2, -0.15) is 0 Å². The summed E-state index contributed by atoms with van der Waals surface area (Å²) in [5.41, 5.74) is 1.88. The van der Waals surface area contributed by atoms with Crippen LogP contribution in [0.15, 0.2) is 48.5 Å². The highest BCUT2D eigenvalue weighted by molar-refractivity contribution is 5.41. The molecular weight excluding hydrogens is 200 g/mol. The smallest absolute Gasteiger partial charge is 0.130 e. The molecule has 0 bridgehead atoms. The van der Waals surface area contributed by atoms with Crippen LogP contribution in [0.2, 0.25) is 0 Å². The topological polar surface area (TPSA) is 29.5 Å². The second-order valence-electron chi connectivity index (χ2n) is 3.61. The second kappa shape index (κ2) is 4.81. The van der Waals surface area contributed by atoms with E-state index in [1.807, 2.05) is 55.5 Å². The van der Waals surface area contributed by atoms with E-state index in [0.717, 1.165) is 22.6 Å². The van der Waals surface area contributed by atoms with Gasteiger partial charge in [0.15, 0.2) is 0 Å². The lowest BCUT2D eigenvalue weighted by molar-refractivity contribution is 0.280. The van der Waals surface area contributed by atoms with Crippen molar-refractivity contribution in [3.63, 3.8) is 0 Å². The molecule has 82 valence electrons. The van der Waals surface area contributed by atoms with Crippen molar-refractivity contribution < 1.29 is 9.84 Å². The molecule has 0 aliphatic carbocycles. The largest absolute Gasteiger partial charge is 0.457 e. The van der Waals surface area contributed by atoms with Crippen molar-refractivity contribution in [2.75, 3.05) is 0 Å². The lowest BCUT2D eigenvalue weighted by atomic mass is 10.1.